The molecule has 96 valence electrons. The molecule has 0 heterocycles. The highest BCUT2D eigenvalue weighted by Gasteiger charge is 2.13. The van der Waals surface area contributed by atoms with Crippen molar-refractivity contribution in [2.24, 2.45) is 0 Å². The Kier molecular flexibility index (Phi) is 6.20. The molecule has 0 rings (SSSR count). The lowest BCUT2D eigenvalue weighted by molar-refractivity contribution is -0.150. The second-order valence-electron chi connectivity index (χ2n) is 3.95. The molecular formula is C12H19NO4. The van der Waals surface area contributed by atoms with Crippen LogP contribution in [0.5, 0.6) is 0 Å². The Bertz CT molecular complexity index is 344. The molecule has 0 amide bonds. The molecule has 1 atom stereocenters. The molecule has 0 fully saturated rings. The van der Waals surface area contributed by atoms with E-state index in [9.17, 15) is 9.59 Å². The summed E-state index contributed by atoms with van der Waals surface area (Å²) in [5.41, 5.74) is 0.484. The van der Waals surface area contributed by atoms with Gasteiger partial charge in [0.15, 0.2) is 6.23 Å². The van der Waals surface area contributed by atoms with Gasteiger partial charge in [-0.1, -0.05) is 6.58 Å². The topological polar surface area (TPSA) is 55.8 Å². The van der Waals surface area contributed by atoms with Crippen molar-refractivity contribution in [3.63, 3.8) is 0 Å². The number of esters is 2. The fourth-order valence-electron chi connectivity index (χ4n) is 0.644. The van der Waals surface area contributed by atoms with Gasteiger partial charge in [-0.05, 0) is 34.9 Å². The van der Waals surface area contributed by atoms with E-state index >= 15 is 0 Å². The largest absolute Gasteiger partial charge is 0.443 e. The van der Waals surface area contributed by atoms with Gasteiger partial charge < -0.3 is 9.47 Å². The van der Waals surface area contributed by atoms with Crippen molar-refractivity contribution < 1.29 is 19.1 Å². The summed E-state index contributed by atoms with van der Waals surface area (Å²) in [6.45, 7) is 8.20. The van der Waals surface area contributed by atoms with Crippen molar-refractivity contribution in [3.05, 3.63) is 24.0 Å². The van der Waals surface area contributed by atoms with Crippen LogP contribution in [0.1, 0.15) is 20.8 Å². The molecule has 0 N–H and O–H groups in total. The highest BCUT2D eigenvalue weighted by molar-refractivity contribution is 5.90. The van der Waals surface area contributed by atoms with Crippen molar-refractivity contribution in [1.82, 2.24) is 4.90 Å². The van der Waals surface area contributed by atoms with Gasteiger partial charge in [0.1, 0.15) is 6.26 Å². The molecule has 0 aliphatic carbocycles. The summed E-state index contributed by atoms with van der Waals surface area (Å²) in [6.07, 6.45) is 0.726. The SMILES string of the molecule is C=C(C)C(=O)O/C=C(\C)C(=O)OC(C)N(C)C. The van der Waals surface area contributed by atoms with Gasteiger partial charge in [0.2, 0.25) is 0 Å². The Morgan fingerprint density at radius 2 is 1.76 bits per heavy atom. The van der Waals surface area contributed by atoms with Crippen LogP contribution in [0.4, 0.5) is 0 Å². The predicted octanol–water partition coefficient (Wildman–Crippen LogP) is 1.46. The number of rotatable bonds is 5. The molecule has 0 bridgehead atoms. The van der Waals surface area contributed by atoms with E-state index in [0.29, 0.717) is 0 Å². The zero-order chi connectivity index (χ0) is 13.6. The maximum absolute atomic E-state index is 11.5. The highest BCUT2D eigenvalue weighted by Crippen LogP contribution is 2.03. The van der Waals surface area contributed by atoms with Gasteiger partial charge in [-0.2, -0.15) is 0 Å². The van der Waals surface area contributed by atoms with Crippen LogP contribution >= 0.6 is 0 Å². The quantitative estimate of drug-likeness (QED) is 0.316. The number of nitrogens with zero attached hydrogens (tertiary/aromatic N) is 1. The van der Waals surface area contributed by atoms with E-state index in [-0.39, 0.29) is 17.4 Å². The molecule has 0 aromatic rings. The summed E-state index contributed by atoms with van der Waals surface area (Å²) >= 11 is 0. The van der Waals surface area contributed by atoms with E-state index < -0.39 is 11.9 Å². The molecule has 0 aromatic carbocycles. The van der Waals surface area contributed by atoms with E-state index in [2.05, 4.69) is 6.58 Å². The molecule has 5 nitrogen and oxygen atoms in total. The van der Waals surface area contributed by atoms with Crippen molar-refractivity contribution in [2.75, 3.05) is 14.1 Å². The zero-order valence-electron chi connectivity index (χ0n) is 10.9. The normalized spacial score (nSPS) is 13.2. The first-order valence-corrected chi connectivity index (χ1v) is 5.16. The summed E-state index contributed by atoms with van der Waals surface area (Å²) < 4.78 is 9.78. The number of ether oxygens (including phenoxy) is 2. The van der Waals surface area contributed by atoms with Crippen LogP contribution in [-0.2, 0) is 19.1 Å². The van der Waals surface area contributed by atoms with Crippen LogP contribution in [0, 0.1) is 0 Å². The average Bonchev–Trinajstić information content (AvgIpc) is 2.24. The molecule has 0 saturated carbocycles. The smallest absolute Gasteiger partial charge is 0.338 e. The van der Waals surface area contributed by atoms with Crippen LogP contribution in [0.25, 0.3) is 0 Å². The van der Waals surface area contributed by atoms with Crippen molar-refractivity contribution in [2.45, 2.75) is 27.0 Å². The average molecular weight is 241 g/mol. The zero-order valence-corrected chi connectivity index (χ0v) is 10.9. The maximum Gasteiger partial charge on any atom is 0.338 e. The second kappa shape index (κ2) is 6.85. The second-order valence-corrected chi connectivity index (χ2v) is 3.95. The molecule has 0 spiro atoms. The Labute approximate surface area is 102 Å². The van der Waals surface area contributed by atoms with Crippen LogP contribution < -0.4 is 0 Å². The number of carbonyl (C=O) groups excluding carboxylic acids is 2. The third kappa shape index (κ3) is 5.87. The maximum atomic E-state index is 11.5. The van der Waals surface area contributed by atoms with Crippen LogP contribution in [0.3, 0.4) is 0 Å². The summed E-state index contributed by atoms with van der Waals surface area (Å²) in [7, 11) is 3.58. The summed E-state index contributed by atoms with van der Waals surface area (Å²) in [6, 6.07) is 0. The van der Waals surface area contributed by atoms with Gasteiger partial charge in [-0.15, -0.1) is 0 Å². The van der Waals surface area contributed by atoms with E-state index in [1.54, 1.807) is 25.9 Å². The summed E-state index contributed by atoms with van der Waals surface area (Å²) in [4.78, 5) is 24.3. The first-order valence-electron chi connectivity index (χ1n) is 5.16. The molecule has 0 aliphatic rings. The van der Waals surface area contributed by atoms with Gasteiger partial charge in [0.25, 0.3) is 0 Å². The number of hydrogen-bond donors (Lipinski definition) is 0. The Morgan fingerprint density at radius 1 is 1.24 bits per heavy atom. The minimum Gasteiger partial charge on any atom is -0.443 e. The molecule has 5 heteroatoms. The predicted molar refractivity (Wildman–Crippen MR) is 63.9 cm³/mol. The Hall–Kier alpha value is -1.62. The van der Waals surface area contributed by atoms with Crippen LogP contribution in [0.2, 0.25) is 0 Å². The Balaban J connectivity index is 4.35. The lowest BCUT2D eigenvalue weighted by Crippen LogP contribution is -2.30. The van der Waals surface area contributed by atoms with Gasteiger partial charge >= 0.3 is 11.9 Å². The molecule has 0 radical (unpaired) electrons. The van der Waals surface area contributed by atoms with Gasteiger partial charge in [0.05, 0.1) is 5.57 Å². The van der Waals surface area contributed by atoms with Gasteiger partial charge in [-0.3, -0.25) is 4.90 Å². The molecular weight excluding hydrogens is 222 g/mol. The van der Waals surface area contributed by atoms with Crippen LogP contribution in [0.15, 0.2) is 24.0 Å². The van der Waals surface area contributed by atoms with E-state index in [4.69, 9.17) is 9.47 Å². The van der Waals surface area contributed by atoms with Crippen LogP contribution in [-0.4, -0.2) is 37.2 Å². The van der Waals surface area contributed by atoms with E-state index in [1.807, 2.05) is 0 Å². The fourth-order valence-corrected chi connectivity index (χ4v) is 0.644. The molecule has 17 heavy (non-hydrogen) atoms. The lowest BCUT2D eigenvalue weighted by atomic mass is 10.3. The van der Waals surface area contributed by atoms with Crippen molar-refractivity contribution in [1.29, 1.82) is 0 Å². The Morgan fingerprint density at radius 3 is 2.18 bits per heavy atom. The van der Waals surface area contributed by atoms with Gasteiger partial charge in [0, 0.05) is 5.57 Å². The highest BCUT2D eigenvalue weighted by atomic mass is 16.6. The third-order valence-corrected chi connectivity index (χ3v) is 2.02. The van der Waals surface area contributed by atoms with Crippen molar-refractivity contribution >= 4 is 11.9 Å². The number of hydrogen-bond acceptors (Lipinski definition) is 5. The number of carbonyl (C=O) groups is 2. The standard InChI is InChI=1S/C12H19NO4/c1-8(2)11(14)16-7-9(3)12(15)17-10(4)13(5)6/h7,10H,1H2,2-6H3/b9-7+. The lowest BCUT2D eigenvalue weighted by Gasteiger charge is -2.19. The van der Waals surface area contributed by atoms with E-state index in [0.717, 1.165) is 6.26 Å². The van der Waals surface area contributed by atoms with Gasteiger partial charge in [-0.25, -0.2) is 9.59 Å². The monoisotopic (exact) mass is 241 g/mol. The minimum atomic E-state index is -0.571. The molecule has 0 aromatic heterocycles. The first-order chi connectivity index (χ1) is 7.75. The van der Waals surface area contributed by atoms with E-state index in [1.165, 1.54) is 13.8 Å². The molecule has 1 unspecified atom stereocenters. The first kappa shape index (κ1) is 15.4. The third-order valence-electron chi connectivity index (χ3n) is 2.02. The fraction of sp³-hybridized carbons (Fsp3) is 0.500. The summed E-state index contributed by atoms with van der Waals surface area (Å²) in [5, 5.41) is 0. The molecule has 0 saturated heterocycles. The summed E-state index contributed by atoms with van der Waals surface area (Å²) in [5.74, 6) is -1.10. The minimum absolute atomic E-state index is 0.216. The van der Waals surface area contributed by atoms with Crippen molar-refractivity contribution in [3.8, 4) is 0 Å². The molecule has 0 aliphatic heterocycles.